The van der Waals surface area contributed by atoms with Crippen LogP contribution in [0.15, 0.2) is 59.2 Å². The summed E-state index contributed by atoms with van der Waals surface area (Å²) in [7, 11) is 0. The molecule has 4 rings (SSSR count). The maximum atomic E-state index is 12.5. The number of hydrazine groups is 2. The van der Waals surface area contributed by atoms with Crippen molar-refractivity contribution in [3.05, 3.63) is 66.1 Å². The van der Waals surface area contributed by atoms with Gasteiger partial charge in [-0.25, -0.2) is 4.79 Å². The maximum Gasteiger partial charge on any atom is 0.317 e. The number of urea groups is 1. The van der Waals surface area contributed by atoms with Crippen molar-refractivity contribution in [1.29, 1.82) is 0 Å². The van der Waals surface area contributed by atoms with Crippen LogP contribution in [0, 0.1) is 0 Å². The molecule has 3 amide bonds. The lowest BCUT2D eigenvalue weighted by atomic mass is 9.95. The molecule has 0 bridgehead atoms. The lowest BCUT2D eigenvalue weighted by Crippen LogP contribution is -2.37. The quantitative estimate of drug-likeness (QED) is 0.351. The molecule has 0 radical (unpaired) electrons. The Bertz CT molecular complexity index is 1150. The number of hydrogen-bond donors (Lipinski definition) is 6. The molecule has 0 fully saturated rings. The second kappa shape index (κ2) is 7.83. The Hall–Kier alpha value is -3.93. The standard InChI is InChI=1S/C19H16N6O4S/c20-19(27)22-18(30)15-11(7-8-13-16(15)25(28)24-23-13)10-4-1-2-5-12(10)21-17(26)14-6-3-9-29-14/h1-9,23-24,28H,(H,21,26)(H3,20,22,27,30). The van der Waals surface area contributed by atoms with E-state index in [2.05, 4.69) is 21.6 Å². The van der Waals surface area contributed by atoms with Crippen LogP contribution in [-0.4, -0.2) is 22.1 Å². The minimum absolute atomic E-state index is 0.00561. The minimum Gasteiger partial charge on any atom is -0.459 e. The number of rotatable bonds is 4. The molecule has 1 aliphatic heterocycles. The number of benzene rings is 2. The Balaban J connectivity index is 1.83. The zero-order valence-electron chi connectivity index (χ0n) is 15.3. The van der Waals surface area contributed by atoms with Gasteiger partial charge in [0.15, 0.2) is 5.76 Å². The molecule has 0 atom stereocenters. The van der Waals surface area contributed by atoms with Crippen LogP contribution in [0.25, 0.3) is 11.1 Å². The van der Waals surface area contributed by atoms with E-state index in [-0.39, 0.29) is 10.7 Å². The van der Waals surface area contributed by atoms with E-state index in [4.69, 9.17) is 22.4 Å². The molecule has 2 heterocycles. The zero-order valence-corrected chi connectivity index (χ0v) is 16.1. The van der Waals surface area contributed by atoms with Crippen LogP contribution in [-0.2, 0) is 0 Å². The smallest absolute Gasteiger partial charge is 0.317 e. The predicted octanol–water partition coefficient (Wildman–Crippen LogP) is 2.58. The predicted molar refractivity (Wildman–Crippen MR) is 114 cm³/mol. The summed E-state index contributed by atoms with van der Waals surface area (Å²) in [6.45, 7) is 0. The minimum atomic E-state index is -0.841. The van der Waals surface area contributed by atoms with Crippen molar-refractivity contribution in [3.8, 4) is 11.1 Å². The summed E-state index contributed by atoms with van der Waals surface area (Å²) < 4.78 is 5.14. The van der Waals surface area contributed by atoms with Crippen molar-refractivity contribution in [2.45, 2.75) is 0 Å². The first kappa shape index (κ1) is 19.4. The number of para-hydroxylation sites is 1. The normalized spacial score (nSPS) is 12.1. The summed E-state index contributed by atoms with van der Waals surface area (Å²) >= 11 is 5.37. The van der Waals surface area contributed by atoms with Gasteiger partial charge in [0.2, 0.25) is 0 Å². The average molecular weight is 424 g/mol. The van der Waals surface area contributed by atoms with Gasteiger partial charge in [0.1, 0.15) is 10.7 Å². The molecule has 1 aliphatic rings. The lowest BCUT2D eigenvalue weighted by molar-refractivity contribution is 0.0996. The van der Waals surface area contributed by atoms with Crippen LogP contribution in [0.3, 0.4) is 0 Å². The highest BCUT2D eigenvalue weighted by molar-refractivity contribution is 7.80. The van der Waals surface area contributed by atoms with E-state index < -0.39 is 11.9 Å². The number of furan rings is 1. The Labute approximate surface area is 175 Å². The number of fused-ring (bicyclic) bond motifs is 1. The van der Waals surface area contributed by atoms with Crippen molar-refractivity contribution in [3.63, 3.8) is 0 Å². The first-order valence-corrected chi connectivity index (χ1v) is 9.09. The van der Waals surface area contributed by atoms with E-state index in [1.54, 1.807) is 48.5 Å². The molecule has 0 spiro atoms. The molecule has 0 unspecified atom stereocenters. The van der Waals surface area contributed by atoms with Crippen molar-refractivity contribution in [1.82, 2.24) is 10.9 Å². The van der Waals surface area contributed by atoms with E-state index in [1.807, 2.05) is 0 Å². The second-order valence-corrected chi connectivity index (χ2v) is 6.64. The van der Waals surface area contributed by atoms with E-state index in [0.29, 0.717) is 33.8 Å². The summed E-state index contributed by atoms with van der Waals surface area (Å²) in [6, 6.07) is 12.8. The SMILES string of the molecule is NC(=O)NC(=S)c1c(-c2ccccc2NC(=O)c2ccco2)ccc2c1N(O)NN2. The number of nitrogens with two attached hydrogens (primary N) is 1. The number of hydrogen-bond acceptors (Lipinski definition) is 8. The number of thiocarbonyl (C=S) groups is 1. The van der Waals surface area contributed by atoms with Gasteiger partial charge < -0.3 is 15.5 Å². The summed E-state index contributed by atoms with van der Waals surface area (Å²) in [4.78, 5) is 23.9. The first-order chi connectivity index (χ1) is 14.5. The fourth-order valence-electron chi connectivity index (χ4n) is 3.13. The Morgan fingerprint density at radius 1 is 1.10 bits per heavy atom. The average Bonchev–Trinajstić information content (AvgIpc) is 3.38. The largest absolute Gasteiger partial charge is 0.459 e. The van der Waals surface area contributed by atoms with Crippen LogP contribution in [0.5, 0.6) is 0 Å². The Kier molecular flexibility index (Phi) is 5.06. The third-order valence-electron chi connectivity index (χ3n) is 4.36. The summed E-state index contributed by atoms with van der Waals surface area (Å²) in [6.07, 6.45) is 1.41. The second-order valence-electron chi connectivity index (χ2n) is 6.23. The van der Waals surface area contributed by atoms with Crippen molar-refractivity contribution in [2.75, 3.05) is 15.9 Å². The number of nitrogens with one attached hydrogen (secondary N) is 4. The van der Waals surface area contributed by atoms with Crippen LogP contribution >= 0.6 is 12.2 Å². The summed E-state index contributed by atoms with van der Waals surface area (Å²) in [5.74, 6) is -0.278. The molecule has 152 valence electrons. The number of primary amides is 1. The number of nitrogens with zero attached hydrogens (tertiary/aromatic N) is 1. The third-order valence-corrected chi connectivity index (χ3v) is 4.67. The molecule has 10 nitrogen and oxygen atoms in total. The van der Waals surface area contributed by atoms with Gasteiger partial charge in [0.05, 0.1) is 12.0 Å². The van der Waals surface area contributed by atoms with Crippen molar-refractivity contribution >= 4 is 46.2 Å². The molecular formula is C19H16N6O4S. The van der Waals surface area contributed by atoms with Crippen LogP contribution in [0.4, 0.5) is 21.9 Å². The molecule has 7 N–H and O–H groups in total. The topological polar surface area (TPSA) is 145 Å². The van der Waals surface area contributed by atoms with E-state index in [9.17, 15) is 14.8 Å². The van der Waals surface area contributed by atoms with Gasteiger partial charge in [-0.3, -0.25) is 20.7 Å². The number of carbonyl (C=O) groups excluding carboxylic acids is 2. The zero-order chi connectivity index (χ0) is 21.3. The highest BCUT2D eigenvalue weighted by Gasteiger charge is 2.27. The van der Waals surface area contributed by atoms with Gasteiger partial charge in [-0.05, 0) is 29.8 Å². The monoisotopic (exact) mass is 424 g/mol. The van der Waals surface area contributed by atoms with Gasteiger partial charge in [-0.15, -0.1) is 5.53 Å². The van der Waals surface area contributed by atoms with Crippen LogP contribution in [0.1, 0.15) is 16.1 Å². The van der Waals surface area contributed by atoms with E-state index in [0.717, 1.165) is 5.17 Å². The van der Waals surface area contributed by atoms with Gasteiger partial charge in [-0.1, -0.05) is 36.5 Å². The van der Waals surface area contributed by atoms with Gasteiger partial charge in [0.25, 0.3) is 5.91 Å². The van der Waals surface area contributed by atoms with E-state index >= 15 is 0 Å². The lowest BCUT2D eigenvalue weighted by Gasteiger charge is -2.19. The Morgan fingerprint density at radius 3 is 2.63 bits per heavy atom. The number of anilines is 3. The highest BCUT2D eigenvalue weighted by Crippen LogP contribution is 2.41. The molecule has 3 aromatic rings. The molecule has 0 saturated heterocycles. The van der Waals surface area contributed by atoms with Gasteiger partial charge in [-0.2, -0.15) is 5.17 Å². The first-order valence-electron chi connectivity index (χ1n) is 8.68. The van der Waals surface area contributed by atoms with Crippen molar-refractivity contribution < 1.29 is 19.2 Å². The molecular weight excluding hydrogens is 408 g/mol. The molecule has 11 heteroatoms. The maximum absolute atomic E-state index is 12.5. The molecule has 0 saturated carbocycles. The summed E-state index contributed by atoms with van der Waals surface area (Å²) in [5, 5.41) is 16.2. The number of carbonyl (C=O) groups is 2. The molecule has 1 aromatic heterocycles. The third kappa shape index (κ3) is 3.55. The van der Waals surface area contributed by atoms with Crippen molar-refractivity contribution in [2.24, 2.45) is 5.73 Å². The van der Waals surface area contributed by atoms with E-state index in [1.165, 1.54) is 6.26 Å². The van der Waals surface area contributed by atoms with Crippen LogP contribution in [0.2, 0.25) is 0 Å². The molecule has 30 heavy (non-hydrogen) atoms. The summed E-state index contributed by atoms with van der Waals surface area (Å²) in [5.41, 5.74) is 13.3. The fraction of sp³-hybridized carbons (Fsp3) is 0. The molecule has 0 aliphatic carbocycles. The molecule has 2 aromatic carbocycles. The van der Waals surface area contributed by atoms with Crippen LogP contribution < -0.4 is 32.5 Å². The van der Waals surface area contributed by atoms with Gasteiger partial charge >= 0.3 is 6.03 Å². The highest BCUT2D eigenvalue weighted by atomic mass is 32.1. The van der Waals surface area contributed by atoms with Gasteiger partial charge in [0, 0.05) is 16.8 Å². The number of amides is 3. The Morgan fingerprint density at radius 2 is 1.90 bits per heavy atom. The fourth-order valence-corrected chi connectivity index (χ4v) is 3.44.